The topological polar surface area (TPSA) is 50.9 Å². The standard InChI is InChI=1S/C12H13N3/c1-9-4-2-3-5-11(9)15-12-6-7-14-8-10(12)13/h2-8H,13H2,1H3,(H,14,15). The molecule has 0 aliphatic rings. The Hall–Kier alpha value is -2.03. The van der Waals surface area contributed by atoms with E-state index in [1.54, 1.807) is 12.4 Å². The molecule has 2 aromatic rings. The minimum atomic E-state index is 0.653. The van der Waals surface area contributed by atoms with Gasteiger partial charge in [-0.1, -0.05) is 18.2 Å². The summed E-state index contributed by atoms with van der Waals surface area (Å²) in [6.45, 7) is 2.06. The second-order valence-electron chi connectivity index (χ2n) is 3.40. The van der Waals surface area contributed by atoms with Gasteiger partial charge < -0.3 is 11.1 Å². The summed E-state index contributed by atoms with van der Waals surface area (Å²) in [7, 11) is 0. The number of anilines is 3. The summed E-state index contributed by atoms with van der Waals surface area (Å²) in [5.74, 6) is 0. The van der Waals surface area contributed by atoms with Gasteiger partial charge in [0.15, 0.2) is 0 Å². The van der Waals surface area contributed by atoms with Gasteiger partial charge in [-0.25, -0.2) is 0 Å². The molecule has 0 unspecified atom stereocenters. The number of pyridine rings is 1. The molecular formula is C12H13N3. The Bertz CT molecular complexity index is 422. The number of nitrogens with zero attached hydrogens (tertiary/aromatic N) is 1. The molecule has 3 N–H and O–H groups in total. The molecule has 1 heterocycles. The Morgan fingerprint density at radius 3 is 2.67 bits per heavy atom. The van der Waals surface area contributed by atoms with Gasteiger partial charge in [-0.3, -0.25) is 4.98 Å². The summed E-state index contributed by atoms with van der Waals surface area (Å²) >= 11 is 0. The van der Waals surface area contributed by atoms with E-state index < -0.39 is 0 Å². The van der Waals surface area contributed by atoms with Crippen LogP contribution in [0.3, 0.4) is 0 Å². The first-order valence-electron chi connectivity index (χ1n) is 4.79. The minimum Gasteiger partial charge on any atom is -0.396 e. The second-order valence-corrected chi connectivity index (χ2v) is 3.40. The van der Waals surface area contributed by atoms with E-state index in [9.17, 15) is 0 Å². The van der Waals surface area contributed by atoms with Crippen LogP contribution in [-0.2, 0) is 0 Å². The normalized spacial score (nSPS) is 9.93. The molecule has 0 saturated heterocycles. The molecule has 0 aliphatic carbocycles. The summed E-state index contributed by atoms with van der Waals surface area (Å²) in [5, 5.41) is 3.28. The average molecular weight is 199 g/mol. The molecule has 1 aromatic carbocycles. The van der Waals surface area contributed by atoms with Crippen LogP contribution in [0.1, 0.15) is 5.56 Å². The number of aryl methyl sites for hydroxylation is 1. The molecular weight excluding hydrogens is 186 g/mol. The Morgan fingerprint density at radius 2 is 1.93 bits per heavy atom. The molecule has 0 saturated carbocycles. The van der Waals surface area contributed by atoms with E-state index in [-0.39, 0.29) is 0 Å². The summed E-state index contributed by atoms with van der Waals surface area (Å²) < 4.78 is 0. The number of aromatic nitrogens is 1. The third kappa shape index (κ3) is 2.07. The molecule has 0 bridgehead atoms. The average Bonchev–Trinajstić information content (AvgIpc) is 2.24. The molecule has 15 heavy (non-hydrogen) atoms. The molecule has 0 amide bonds. The van der Waals surface area contributed by atoms with E-state index in [2.05, 4.69) is 23.3 Å². The SMILES string of the molecule is Cc1ccccc1Nc1ccncc1N. The van der Waals surface area contributed by atoms with Crippen molar-refractivity contribution in [3.05, 3.63) is 48.3 Å². The van der Waals surface area contributed by atoms with Crippen LogP contribution >= 0.6 is 0 Å². The smallest absolute Gasteiger partial charge is 0.0739 e. The molecule has 2 rings (SSSR count). The highest BCUT2D eigenvalue weighted by Crippen LogP contribution is 2.23. The summed E-state index contributed by atoms with van der Waals surface area (Å²) in [6.07, 6.45) is 3.36. The van der Waals surface area contributed by atoms with Crippen LogP contribution in [0.15, 0.2) is 42.7 Å². The Balaban J connectivity index is 2.30. The molecule has 1 aromatic heterocycles. The predicted octanol–water partition coefficient (Wildman–Crippen LogP) is 2.72. The van der Waals surface area contributed by atoms with Crippen LogP contribution in [0.2, 0.25) is 0 Å². The van der Waals surface area contributed by atoms with Gasteiger partial charge in [0, 0.05) is 11.9 Å². The van der Waals surface area contributed by atoms with E-state index in [0.717, 1.165) is 11.4 Å². The maximum atomic E-state index is 5.79. The van der Waals surface area contributed by atoms with Crippen molar-refractivity contribution >= 4 is 17.1 Å². The number of hydrogen-bond donors (Lipinski definition) is 2. The van der Waals surface area contributed by atoms with E-state index in [1.165, 1.54) is 5.56 Å². The van der Waals surface area contributed by atoms with Gasteiger partial charge in [0.25, 0.3) is 0 Å². The lowest BCUT2D eigenvalue weighted by molar-refractivity contribution is 1.32. The number of benzene rings is 1. The lowest BCUT2D eigenvalue weighted by atomic mass is 10.2. The molecule has 76 valence electrons. The third-order valence-corrected chi connectivity index (χ3v) is 2.27. The van der Waals surface area contributed by atoms with Crippen molar-refractivity contribution < 1.29 is 0 Å². The maximum absolute atomic E-state index is 5.79. The van der Waals surface area contributed by atoms with Crippen LogP contribution in [-0.4, -0.2) is 4.98 Å². The van der Waals surface area contributed by atoms with Crippen LogP contribution in [0, 0.1) is 6.92 Å². The molecule has 0 atom stereocenters. The zero-order chi connectivity index (χ0) is 10.7. The fourth-order valence-electron chi connectivity index (χ4n) is 1.38. The van der Waals surface area contributed by atoms with Crippen LogP contribution < -0.4 is 11.1 Å². The third-order valence-electron chi connectivity index (χ3n) is 2.27. The first-order valence-corrected chi connectivity index (χ1v) is 4.79. The predicted molar refractivity (Wildman–Crippen MR) is 63.1 cm³/mol. The van der Waals surface area contributed by atoms with Crippen molar-refractivity contribution in [3.8, 4) is 0 Å². The molecule has 0 fully saturated rings. The summed E-state index contributed by atoms with van der Waals surface area (Å²) in [5.41, 5.74) is 9.59. The number of nitrogen functional groups attached to an aromatic ring is 1. The first-order chi connectivity index (χ1) is 7.27. The Kier molecular flexibility index (Phi) is 2.54. The molecule has 0 aliphatic heterocycles. The van der Waals surface area contributed by atoms with E-state index in [4.69, 9.17) is 5.73 Å². The molecule has 3 heteroatoms. The lowest BCUT2D eigenvalue weighted by Crippen LogP contribution is -1.97. The Labute approximate surface area is 89.0 Å². The highest BCUT2D eigenvalue weighted by atomic mass is 14.9. The van der Waals surface area contributed by atoms with Gasteiger partial charge in [-0.2, -0.15) is 0 Å². The first kappa shape index (κ1) is 9.52. The van der Waals surface area contributed by atoms with Gasteiger partial charge in [0.2, 0.25) is 0 Å². The van der Waals surface area contributed by atoms with E-state index >= 15 is 0 Å². The van der Waals surface area contributed by atoms with Crippen LogP contribution in [0.5, 0.6) is 0 Å². The van der Waals surface area contributed by atoms with Crippen molar-refractivity contribution in [2.24, 2.45) is 0 Å². The number of nitrogens with one attached hydrogen (secondary N) is 1. The Morgan fingerprint density at radius 1 is 1.13 bits per heavy atom. The van der Waals surface area contributed by atoms with Gasteiger partial charge in [-0.05, 0) is 24.6 Å². The number of rotatable bonds is 2. The van der Waals surface area contributed by atoms with Gasteiger partial charge in [0.05, 0.1) is 17.6 Å². The van der Waals surface area contributed by atoms with Crippen molar-refractivity contribution in [2.75, 3.05) is 11.1 Å². The van der Waals surface area contributed by atoms with Crippen LogP contribution in [0.4, 0.5) is 17.1 Å². The quantitative estimate of drug-likeness (QED) is 0.781. The number of hydrogen-bond acceptors (Lipinski definition) is 3. The van der Waals surface area contributed by atoms with Gasteiger partial charge >= 0.3 is 0 Å². The van der Waals surface area contributed by atoms with Crippen molar-refractivity contribution in [2.45, 2.75) is 6.92 Å². The zero-order valence-corrected chi connectivity index (χ0v) is 8.57. The largest absolute Gasteiger partial charge is 0.396 e. The highest BCUT2D eigenvalue weighted by molar-refractivity contribution is 5.72. The minimum absolute atomic E-state index is 0.653. The van der Waals surface area contributed by atoms with E-state index in [1.807, 2.05) is 24.3 Å². The zero-order valence-electron chi connectivity index (χ0n) is 8.57. The summed E-state index contributed by atoms with van der Waals surface area (Å²) in [4.78, 5) is 3.94. The lowest BCUT2D eigenvalue weighted by Gasteiger charge is -2.10. The molecule has 0 radical (unpaired) electrons. The van der Waals surface area contributed by atoms with Gasteiger partial charge in [0.1, 0.15) is 0 Å². The van der Waals surface area contributed by atoms with Crippen LogP contribution in [0.25, 0.3) is 0 Å². The second kappa shape index (κ2) is 4.00. The number of para-hydroxylation sites is 1. The fraction of sp³-hybridized carbons (Fsp3) is 0.0833. The van der Waals surface area contributed by atoms with Crippen molar-refractivity contribution in [1.29, 1.82) is 0 Å². The summed E-state index contributed by atoms with van der Waals surface area (Å²) in [6, 6.07) is 9.94. The van der Waals surface area contributed by atoms with Crippen molar-refractivity contribution in [1.82, 2.24) is 4.98 Å². The van der Waals surface area contributed by atoms with Gasteiger partial charge in [-0.15, -0.1) is 0 Å². The van der Waals surface area contributed by atoms with E-state index in [0.29, 0.717) is 5.69 Å². The monoisotopic (exact) mass is 199 g/mol. The molecule has 3 nitrogen and oxygen atoms in total. The molecule has 0 spiro atoms. The highest BCUT2D eigenvalue weighted by Gasteiger charge is 2.00. The maximum Gasteiger partial charge on any atom is 0.0739 e. The number of nitrogens with two attached hydrogens (primary N) is 1. The fourth-order valence-corrected chi connectivity index (χ4v) is 1.38. The van der Waals surface area contributed by atoms with Crippen molar-refractivity contribution in [3.63, 3.8) is 0 Å².